The Bertz CT molecular complexity index is 1180. The minimum atomic E-state index is 0.0616. The quantitative estimate of drug-likeness (QED) is 0.568. The van der Waals surface area contributed by atoms with Gasteiger partial charge in [-0.3, -0.25) is 5.10 Å². The van der Waals surface area contributed by atoms with Crippen molar-refractivity contribution in [3.05, 3.63) is 47.9 Å². The lowest BCUT2D eigenvalue weighted by Crippen LogP contribution is -2.30. The highest BCUT2D eigenvalue weighted by atomic mass is 16.5. The number of oxazole rings is 1. The number of anilines is 1. The van der Waals surface area contributed by atoms with E-state index in [1.165, 1.54) is 0 Å². The molecule has 4 aromatic heterocycles. The van der Waals surface area contributed by atoms with Crippen molar-refractivity contribution in [2.24, 2.45) is 0 Å². The topological polar surface area (TPSA) is 93.0 Å². The zero-order chi connectivity index (χ0) is 20.0. The van der Waals surface area contributed by atoms with Crippen molar-refractivity contribution in [1.29, 1.82) is 0 Å². The fourth-order valence-electron chi connectivity index (χ4n) is 3.68. The Kier molecular flexibility index (Phi) is 4.19. The number of pyridine rings is 2. The third-order valence-electron chi connectivity index (χ3n) is 4.96. The van der Waals surface area contributed by atoms with Crippen LogP contribution in [-0.4, -0.2) is 37.8 Å². The van der Waals surface area contributed by atoms with E-state index < -0.39 is 0 Å². The molecule has 5 rings (SSSR count). The van der Waals surface area contributed by atoms with E-state index in [0.29, 0.717) is 12.4 Å². The molecule has 8 heteroatoms. The Labute approximate surface area is 167 Å². The summed E-state index contributed by atoms with van der Waals surface area (Å²) in [6.07, 6.45) is 4.49. The lowest BCUT2D eigenvalue weighted by Gasteiger charge is -2.26. The Hall–Kier alpha value is -3.42. The molecule has 29 heavy (non-hydrogen) atoms. The first-order chi connectivity index (χ1) is 14.1. The second kappa shape index (κ2) is 6.88. The number of H-pyrrole nitrogens is 1. The van der Waals surface area contributed by atoms with Crippen molar-refractivity contribution in [3.63, 3.8) is 0 Å². The lowest BCUT2D eigenvalue weighted by molar-refractivity contribution is 0.233. The first-order valence-corrected chi connectivity index (χ1v) is 9.74. The zero-order valence-corrected chi connectivity index (χ0v) is 16.6. The highest BCUT2D eigenvalue weighted by Gasteiger charge is 2.23. The van der Waals surface area contributed by atoms with Crippen molar-refractivity contribution in [2.75, 3.05) is 11.4 Å². The van der Waals surface area contributed by atoms with Gasteiger partial charge in [-0.2, -0.15) is 5.10 Å². The van der Waals surface area contributed by atoms with Gasteiger partial charge in [-0.05, 0) is 26.0 Å². The fourth-order valence-corrected chi connectivity index (χ4v) is 3.68. The molecule has 148 valence electrons. The Morgan fingerprint density at radius 1 is 1.24 bits per heavy atom. The number of hydrogen-bond donors (Lipinski definition) is 1. The summed E-state index contributed by atoms with van der Waals surface area (Å²) >= 11 is 0. The molecule has 8 nitrogen and oxygen atoms in total. The molecule has 0 saturated carbocycles. The minimum Gasteiger partial charge on any atom is -0.475 e. The van der Waals surface area contributed by atoms with Gasteiger partial charge in [-0.1, -0.05) is 0 Å². The van der Waals surface area contributed by atoms with Crippen LogP contribution in [-0.2, 0) is 13.0 Å². The van der Waals surface area contributed by atoms with E-state index in [9.17, 15) is 0 Å². The largest absolute Gasteiger partial charge is 0.475 e. The molecule has 0 saturated heterocycles. The molecule has 0 bridgehead atoms. The third kappa shape index (κ3) is 3.30. The molecular formula is C21H22N6O2. The summed E-state index contributed by atoms with van der Waals surface area (Å²) in [5.74, 6) is 3.13. The van der Waals surface area contributed by atoms with Gasteiger partial charge in [0.05, 0.1) is 30.1 Å². The average molecular weight is 390 g/mol. The maximum atomic E-state index is 5.75. The molecule has 0 atom stereocenters. The summed E-state index contributed by atoms with van der Waals surface area (Å²) in [6, 6.07) is 5.96. The van der Waals surface area contributed by atoms with Crippen LogP contribution in [0, 0.1) is 6.92 Å². The normalized spacial score (nSPS) is 13.9. The van der Waals surface area contributed by atoms with Crippen LogP contribution < -0.4 is 9.64 Å². The van der Waals surface area contributed by atoms with E-state index in [0.717, 1.165) is 58.3 Å². The van der Waals surface area contributed by atoms with Crippen LogP contribution in [0.25, 0.3) is 22.2 Å². The molecule has 0 amide bonds. The number of rotatable bonds is 4. The fraction of sp³-hybridized carbons (Fsp3) is 0.333. The van der Waals surface area contributed by atoms with Crippen LogP contribution in [0.4, 0.5) is 5.82 Å². The number of aryl methyl sites for hydroxylation is 1. The lowest BCUT2D eigenvalue weighted by atomic mass is 10.1. The van der Waals surface area contributed by atoms with Crippen molar-refractivity contribution >= 4 is 16.7 Å². The van der Waals surface area contributed by atoms with Gasteiger partial charge >= 0.3 is 0 Å². The molecule has 0 spiro atoms. The molecule has 0 unspecified atom stereocenters. The van der Waals surface area contributed by atoms with Crippen molar-refractivity contribution < 1.29 is 9.15 Å². The van der Waals surface area contributed by atoms with Crippen molar-refractivity contribution in [3.8, 4) is 17.1 Å². The monoisotopic (exact) mass is 390 g/mol. The van der Waals surface area contributed by atoms with Gasteiger partial charge in [-0.25, -0.2) is 15.0 Å². The number of aromatic nitrogens is 5. The number of ether oxygens (including phenoxy) is 1. The van der Waals surface area contributed by atoms with Crippen molar-refractivity contribution in [1.82, 2.24) is 25.1 Å². The molecule has 0 fully saturated rings. The highest BCUT2D eigenvalue weighted by Crippen LogP contribution is 2.31. The molecule has 1 N–H and O–H groups in total. The summed E-state index contributed by atoms with van der Waals surface area (Å²) in [6.45, 7) is 7.38. The molecule has 1 aliphatic heterocycles. The molecule has 1 aliphatic rings. The van der Waals surface area contributed by atoms with E-state index in [2.05, 4.69) is 36.1 Å². The highest BCUT2D eigenvalue weighted by molar-refractivity contribution is 5.93. The van der Waals surface area contributed by atoms with Gasteiger partial charge in [0.2, 0.25) is 5.88 Å². The van der Waals surface area contributed by atoms with E-state index in [4.69, 9.17) is 9.15 Å². The Morgan fingerprint density at radius 2 is 2.14 bits per heavy atom. The van der Waals surface area contributed by atoms with Crippen LogP contribution >= 0.6 is 0 Å². The molecule has 0 aliphatic carbocycles. The maximum absolute atomic E-state index is 5.75. The Balaban J connectivity index is 1.48. The van der Waals surface area contributed by atoms with Gasteiger partial charge < -0.3 is 14.1 Å². The van der Waals surface area contributed by atoms with E-state index in [1.807, 2.05) is 39.1 Å². The average Bonchev–Trinajstić information content (AvgIpc) is 3.29. The van der Waals surface area contributed by atoms with E-state index in [-0.39, 0.29) is 6.10 Å². The van der Waals surface area contributed by atoms with Crippen LogP contribution in [0.1, 0.15) is 31.2 Å². The standard InChI is InChI=1S/C21H22N6O2/c1-12(2)28-20-9-15-17(10-23-20)25-26-21(15)14-4-6-22-19(8-14)27-7-5-16-18(11-27)29-13(3)24-16/h4,6,8-10,12H,5,7,11H2,1-3H3,(H,25,26). The van der Waals surface area contributed by atoms with Gasteiger partial charge in [0, 0.05) is 43.1 Å². The van der Waals surface area contributed by atoms with Gasteiger partial charge in [0.1, 0.15) is 17.3 Å². The van der Waals surface area contributed by atoms with Gasteiger partial charge in [0.15, 0.2) is 5.89 Å². The SMILES string of the molecule is Cc1nc2c(o1)CN(c1cc(-c3n[nH]c4cnc(OC(C)C)cc34)ccn1)CC2. The first-order valence-electron chi connectivity index (χ1n) is 9.74. The molecular weight excluding hydrogens is 368 g/mol. The number of nitrogens with zero attached hydrogens (tertiary/aromatic N) is 5. The molecule has 5 heterocycles. The van der Waals surface area contributed by atoms with Crippen LogP contribution in [0.3, 0.4) is 0 Å². The second-order valence-corrected chi connectivity index (χ2v) is 7.48. The van der Waals surface area contributed by atoms with Crippen molar-refractivity contribution in [2.45, 2.75) is 39.8 Å². The van der Waals surface area contributed by atoms with Crippen LogP contribution in [0.2, 0.25) is 0 Å². The third-order valence-corrected chi connectivity index (χ3v) is 4.96. The van der Waals surface area contributed by atoms with Gasteiger partial charge in [-0.15, -0.1) is 0 Å². The predicted molar refractivity (Wildman–Crippen MR) is 109 cm³/mol. The van der Waals surface area contributed by atoms with E-state index in [1.54, 1.807) is 6.20 Å². The molecule has 4 aromatic rings. The van der Waals surface area contributed by atoms with Gasteiger partial charge in [0.25, 0.3) is 0 Å². The van der Waals surface area contributed by atoms with E-state index >= 15 is 0 Å². The number of nitrogens with one attached hydrogen (secondary N) is 1. The van der Waals surface area contributed by atoms with Crippen LogP contribution in [0.15, 0.2) is 35.0 Å². The first kappa shape index (κ1) is 17.7. The summed E-state index contributed by atoms with van der Waals surface area (Å²) < 4.78 is 11.5. The predicted octanol–water partition coefficient (Wildman–Crippen LogP) is 3.67. The zero-order valence-electron chi connectivity index (χ0n) is 16.6. The summed E-state index contributed by atoms with van der Waals surface area (Å²) in [5.41, 5.74) is 3.77. The molecule has 0 radical (unpaired) electrons. The molecule has 0 aromatic carbocycles. The summed E-state index contributed by atoms with van der Waals surface area (Å²) in [7, 11) is 0. The number of fused-ring (bicyclic) bond motifs is 2. The number of aromatic amines is 1. The second-order valence-electron chi connectivity index (χ2n) is 7.48. The maximum Gasteiger partial charge on any atom is 0.214 e. The smallest absolute Gasteiger partial charge is 0.214 e. The van der Waals surface area contributed by atoms with Crippen LogP contribution in [0.5, 0.6) is 5.88 Å². The minimum absolute atomic E-state index is 0.0616. The number of hydrogen-bond acceptors (Lipinski definition) is 7. The Morgan fingerprint density at radius 3 is 3.00 bits per heavy atom. The summed E-state index contributed by atoms with van der Waals surface area (Å²) in [5, 5.41) is 8.54. The summed E-state index contributed by atoms with van der Waals surface area (Å²) in [4.78, 5) is 15.6.